The fourth-order valence-corrected chi connectivity index (χ4v) is 4.09. The second-order valence-corrected chi connectivity index (χ2v) is 7.91. The van der Waals surface area contributed by atoms with Gasteiger partial charge in [0.2, 0.25) is 11.8 Å². The summed E-state index contributed by atoms with van der Waals surface area (Å²) in [5.74, 6) is 0.453. The molecule has 3 rings (SSSR count). The first-order valence-electron chi connectivity index (χ1n) is 8.75. The molecule has 2 atom stereocenters. The van der Waals surface area contributed by atoms with E-state index < -0.39 is 5.25 Å². The van der Waals surface area contributed by atoms with E-state index in [1.807, 2.05) is 44.2 Å². The summed E-state index contributed by atoms with van der Waals surface area (Å²) < 4.78 is 5.43. The first-order chi connectivity index (χ1) is 13.0. The van der Waals surface area contributed by atoms with Gasteiger partial charge in [-0.15, -0.1) is 11.8 Å². The van der Waals surface area contributed by atoms with E-state index in [1.54, 1.807) is 12.1 Å². The Hall–Kier alpha value is -2.18. The van der Waals surface area contributed by atoms with Crippen LogP contribution in [-0.2, 0) is 9.59 Å². The van der Waals surface area contributed by atoms with Crippen molar-refractivity contribution in [3.63, 3.8) is 0 Å². The van der Waals surface area contributed by atoms with Gasteiger partial charge in [-0.1, -0.05) is 23.7 Å². The minimum atomic E-state index is -0.466. The third-order valence-corrected chi connectivity index (χ3v) is 5.71. The zero-order valence-corrected chi connectivity index (χ0v) is 16.7. The summed E-state index contributed by atoms with van der Waals surface area (Å²) in [4.78, 5) is 25.6. The summed E-state index contributed by atoms with van der Waals surface area (Å²) in [7, 11) is 0. The maximum atomic E-state index is 12.4. The van der Waals surface area contributed by atoms with Crippen molar-refractivity contribution in [2.45, 2.75) is 36.5 Å². The summed E-state index contributed by atoms with van der Waals surface area (Å²) in [5, 5.41) is 5.87. The summed E-state index contributed by atoms with van der Waals surface area (Å²) in [6.07, 6.45) is 0.111. The van der Waals surface area contributed by atoms with Crippen molar-refractivity contribution >= 4 is 40.9 Å². The lowest BCUT2D eigenvalue weighted by Crippen LogP contribution is -2.35. The molecule has 1 heterocycles. The molecule has 0 saturated heterocycles. The number of amides is 2. The molecule has 142 valence electrons. The maximum Gasteiger partial charge on any atom is 0.238 e. The molecule has 1 aliphatic heterocycles. The Labute approximate surface area is 167 Å². The fraction of sp³-hybridized carbons (Fsp3) is 0.300. The number of rotatable bonds is 6. The Bertz CT molecular complexity index is 842. The van der Waals surface area contributed by atoms with E-state index in [0.717, 1.165) is 16.2 Å². The van der Waals surface area contributed by atoms with Crippen molar-refractivity contribution in [3.05, 3.63) is 53.1 Å². The van der Waals surface area contributed by atoms with E-state index in [9.17, 15) is 9.59 Å². The Morgan fingerprint density at radius 2 is 2.04 bits per heavy atom. The molecule has 0 unspecified atom stereocenters. The topological polar surface area (TPSA) is 67.4 Å². The van der Waals surface area contributed by atoms with Gasteiger partial charge in [0.25, 0.3) is 0 Å². The predicted molar refractivity (Wildman–Crippen MR) is 109 cm³/mol. The zero-order valence-electron chi connectivity index (χ0n) is 15.1. The molecule has 2 aromatic rings. The van der Waals surface area contributed by atoms with Crippen LogP contribution >= 0.6 is 23.4 Å². The van der Waals surface area contributed by atoms with Gasteiger partial charge in [0, 0.05) is 16.3 Å². The maximum absolute atomic E-state index is 12.4. The number of hydrogen-bond donors (Lipinski definition) is 2. The molecule has 5 nitrogen and oxygen atoms in total. The number of anilines is 1. The van der Waals surface area contributed by atoms with Crippen molar-refractivity contribution in [2.24, 2.45) is 0 Å². The molecule has 0 fully saturated rings. The van der Waals surface area contributed by atoms with Crippen LogP contribution in [0.25, 0.3) is 0 Å². The second kappa shape index (κ2) is 8.67. The molecular formula is C20H21ClN2O3S. The second-order valence-electron chi connectivity index (χ2n) is 6.23. The van der Waals surface area contributed by atoms with Gasteiger partial charge in [-0.25, -0.2) is 0 Å². The minimum absolute atomic E-state index is 0.111. The first kappa shape index (κ1) is 19.6. The van der Waals surface area contributed by atoms with Gasteiger partial charge in [0.05, 0.1) is 23.6 Å². The number of fused-ring (bicyclic) bond motifs is 1. The van der Waals surface area contributed by atoms with Crippen molar-refractivity contribution in [1.82, 2.24) is 5.32 Å². The lowest BCUT2D eigenvalue weighted by molar-refractivity contribution is -0.124. The van der Waals surface area contributed by atoms with Crippen LogP contribution in [0, 0.1) is 0 Å². The lowest BCUT2D eigenvalue weighted by atomic mass is 10.1. The van der Waals surface area contributed by atoms with E-state index >= 15 is 0 Å². The van der Waals surface area contributed by atoms with Crippen molar-refractivity contribution in [1.29, 1.82) is 0 Å². The Morgan fingerprint density at radius 1 is 1.30 bits per heavy atom. The number of ether oxygens (including phenoxy) is 1. The van der Waals surface area contributed by atoms with E-state index in [1.165, 1.54) is 11.8 Å². The highest BCUT2D eigenvalue weighted by Gasteiger charge is 2.29. The number of halogens is 1. The third-order valence-electron chi connectivity index (χ3n) is 4.20. The van der Waals surface area contributed by atoms with Gasteiger partial charge in [-0.3, -0.25) is 9.59 Å². The Balaban J connectivity index is 1.58. The zero-order chi connectivity index (χ0) is 19.4. The highest BCUT2D eigenvalue weighted by molar-refractivity contribution is 8.01. The molecule has 2 aromatic carbocycles. The van der Waals surface area contributed by atoms with Gasteiger partial charge >= 0.3 is 0 Å². The van der Waals surface area contributed by atoms with E-state index in [2.05, 4.69) is 10.6 Å². The third kappa shape index (κ3) is 4.96. The average molecular weight is 405 g/mol. The Kier molecular flexibility index (Phi) is 6.29. The van der Waals surface area contributed by atoms with Crippen LogP contribution in [0.1, 0.15) is 31.9 Å². The SMILES string of the molecule is CCOc1ccc([C@H](C)NC(=O)C[C@@H]2Sc3ccc(Cl)cc3NC2=O)cc1. The van der Waals surface area contributed by atoms with Gasteiger partial charge in [-0.05, 0) is 49.7 Å². The van der Waals surface area contributed by atoms with Crippen molar-refractivity contribution < 1.29 is 14.3 Å². The van der Waals surface area contributed by atoms with Crippen LogP contribution in [0.15, 0.2) is 47.4 Å². The van der Waals surface area contributed by atoms with Crippen LogP contribution < -0.4 is 15.4 Å². The molecule has 0 aromatic heterocycles. The van der Waals surface area contributed by atoms with Crippen molar-refractivity contribution in [2.75, 3.05) is 11.9 Å². The van der Waals surface area contributed by atoms with Crippen LogP contribution in [0.2, 0.25) is 5.02 Å². The number of thioether (sulfide) groups is 1. The lowest BCUT2D eigenvalue weighted by Gasteiger charge is -2.24. The minimum Gasteiger partial charge on any atom is -0.494 e. The molecule has 0 aliphatic carbocycles. The number of carbonyl (C=O) groups excluding carboxylic acids is 2. The summed E-state index contributed by atoms with van der Waals surface area (Å²) in [5.41, 5.74) is 1.67. The summed E-state index contributed by atoms with van der Waals surface area (Å²) >= 11 is 7.34. The first-order valence-corrected chi connectivity index (χ1v) is 10.0. The molecule has 1 aliphatic rings. The Morgan fingerprint density at radius 3 is 2.74 bits per heavy atom. The smallest absolute Gasteiger partial charge is 0.238 e. The van der Waals surface area contributed by atoms with Gasteiger partial charge < -0.3 is 15.4 Å². The average Bonchev–Trinajstić information content (AvgIpc) is 2.63. The quantitative estimate of drug-likeness (QED) is 0.747. The van der Waals surface area contributed by atoms with Crippen molar-refractivity contribution in [3.8, 4) is 5.75 Å². The van der Waals surface area contributed by atoms with Gasteiger partial charge in [-0.2, -0.15) is 0 Å². The molecule has 2 amide bonds. The molecule has 27 heavy (non-hydrogen) atoms. The normalized spacial score (nSPS) is 16.9. The molecule has 0 saturated carbocycles. The van der Waals surface area contributed by atoms with E-state index in [-0.39, 0.29) is 24.3 Å². The molecular weight excluding hydrogens is 384 g/mol. The fourth-order valence-electron chi connectivity index (χ4n) is 2.83. The number of carbonyl (C=O) groups is 2. The molecule has 0 bridgehead atoms. The number of hydrogen-bond acceptors (Lipinski definition) is 4. The largest absolute Gasteiger partial charge is 0.494 e. The van der Waals surface area contributed by atoms with E-state index in [4.69, 9.17) is 16.3 Å². The van der Waals surface area contributed by atoms with Crippen LogP contribution in [0.5, 0.6) is 5.75 Å². The van der Waals surface area contributed by atoms with Crippen LogP contribution in [-0.4, -0.2) is 23.7 Å². The molecule has 0 spiro atoms. The monoisotopic (exact) mass is 404 g/mol. The van der Waals surface area contributed by atoms with Crippen LogP contribution in [0.3, 0.4) is 0 Å². The highest BCUT2D eigenvalue weighted by atomic mass is 35.5. The molecule has 7 heteroatoms. The standard InChI is InChI=1S/C20H21ClN2O3S/c1-3-26-15-7-4-13(5-8-15)12(2)22-19(24)11-18-20(25)23-16-10-14(21)6-9-17(16)27-18/h4-10,12,18H,3,11H2,1-2H3,(H,22,24)(H,23,25)/t12-,18-/m0/s1. The predicted octanol–water partition coefficient (Wildman–Crippen LogP) is 4.42. The number of nitrogens with one attached hydrogen (secondary N) is 2. The van der Waals surface area contributed by atoms with Crippen LogP contribution in [0.4, 0.5) is 5.69 Å². The number of benzene rings is 2. The van der Waals surface area contributed by atoms with E-state index in [0.29, 0.717) is 17.3 Å². The molecule has 2 N–H and O–H groups in total. The summed E-state index contributed by atoms with van der Waals surface area (Å²) in [6.45, 7) is 4.46. The van der Waals surface area contributed by atoms with Gasteiger partial charge in [0.15, 0.2) is 0 Å². The van der Waals surface area contributed by atoms with Gasteiger partial charge in [0.1, 0.15) is 5.75 Å². The summed E-state index contributed by atoms with van der Waals surface area (Å²) in [6, 6.07) is 12.8. The highest BCUT2D eigenvalue weighted by Crippen LogP contribution is 2.38. The molecule has 0 radical (unpaired) electrons.